The highest BCUT2D eigenvalue weighted by molar-refractivity contribution is 6.30. The van der Waals surface area contributed by atoms with Gasteiger partial charge in [0.25, 0.3) is 11.6 Å². The molecule has 0 saturated heterocycles. The largest absolute Gasteiger partial charge is 0.489 e. The van der Waals surface area contributed by atoms with Gasteiger partial charge in [-0.2, -0.15) is 5.10 Å². The Morgan fingerprint density at radius 1 is 1.10 bits per heavy atom. The normalized spacial score (nSPS) is 10.7. The smallest absolute Gasteiger partial charge is 0.271 e. The summed E-state index contributed by atoms with van der Waals surface area (Å²) in [5, 5.41) is 15.4. The van der Waals surface area contributed by atoms with E-state index in [-0.39, 0.29) is 11.3 Å². The third-order valence-corrected chi connectivity index (χ3v) is 4.13. The fourth-order valence-electron chi connectivity index (χ4n) is 2.42. The summed E-state index contributed by atoms with van der Waals surface area (Å²) in [6.45, 7) is 0.390. The highest BCUT2D eigenvalue weighted by atomic mass is 35.5. The number of non-ortho nitro benzene ring substituents is 1. The van der Waals surface area contributed by atoms with Crippen LogP contribution in [-0.2, 0) is 6.61 Å². The number of nitrogens with zero attached hydrogens (tertiary/aromatic N) is 2. The molecule has 1 amide bonds. The predicted octanol–water partition coefficient (Wildman–Crippen LogP) is 4.59. The fourth-order valence-corrected chi connectivity index (χ4v) is 2.55. The second-order valence-electron chi connectivity index (χ2n) is 5.99. The molecule has 0 aliphatic carbocycles. The van der Waals surface area contributed by atoms with E-state index >= 15 is 0 Å². The first-order valence-corrected chi connectivity index (χ1v) is 8.94. The zero-order chi connectivity index (χ0) is 20.6. The zero-order valence-corrected chi connectivity index (χ0v) is 15.9. The lowest BCUT2D eigenvalue weighted by Crippen LogP contribution is -2.17. The van der Waals surface area contributed by atoms with Gasteiger partial charge in [0.1, 0.15) is 12.4 Å². The van der Waals surface area contributed by atoms with E-state index in [0.29, 0.717) is 17.4 Å². The van der Waals surface area contributed by atoms with Gasteiger partial charge < -0.3 is 4.74 Å². The molecule has 0 saturated carbocycles. The van der Waals surface area contributed by atoms with Crippen molar-refractivity contribution in [2.45, 2.75) is 6.61 Å². The highest BCUT2D eigenvalue weighted by Gasteiger charge is 2.10. The Hall–Kier alpha value is -3.71. The quantitative estimate of drug-likeness (QED) is 0.351. The summed E-state index contributed by atoms with van der Waals surface area (Å²) in [7, 11) is 0. The second kappa shape index (κ2) is 9.48. The molecule has 3 aromatic rings. The van der Waals surface area contributed by atoms with Crippen LogP contribution >= 0.6 is 11.6 Å². The Balaban J connectivity index is 1.58. The topological polar surface area (TPSA) is 93.8 Å². The number of hydrogen-bond acceptors (Lipinski definition) is 5. The zero-order valence-electron chi connectivity index (χ0n) is 15.1. The van der Waals surface area contributed by atoms with Crippen LogP contribution in [-0.4, -0.2) is 17.0 Å². The number of hydrogen-bond donors (Lipinski definition) is 1. The van der Waals surface area contributed by atoms with Gasteiger partial charge in [-0.3, -0.25) is 14.9 Å². The lowest BCUT2D eigenvalue weighted by molar-refractivity contribution is -0.384. The summed E-state index contributed by atoms with van der Waals surface area (Å²) in [6, 6.07) is 20.0. The third kappa shape index (κ3) is 5.88. The first kappa shape index (κ1) is 20.0. The van der Waals surface area contributed by atoms with Gasteiger partial charge >= 0.3 is 0 Å². The first-order valence-electron chi connectivity index (χ1n) is 8.56. The van der Waals surface area contributed by atoms with E-state index in [1.807, 2.05) is 18.2 Å². The molecule has 0 radical (unpaired) electrons. The number of carbonyl (C=O) groups is 1. The number of halogens is 1. The fraction of sp³-hybridized carbons (Fsp3) is 0.0476. The molecule has 0 atom stereocenters. The van der Waals surface area contributed by atoms with Gasteiger partial charge in [0, 0.05) is 22.7 Å². The van der Waals surface area contributed by atoms with Gasteiger partial charge in [0.2, 0.25) is 0 Å². The number of nitrogens with one attached hydrogen (secondary N) is 1. The number of ether oxygens (including phenoxy) is 1. The maximum Gasteiger partial charge on any atom is 0.271 e. The number of hydrazone groups is 1. The summed E-state index contributed by atoms with van der Waals surface area (Å²) >= 11 is 5.87. The molecule has 146 valence electrons. The molecule has 0 aliphatic rings. The van der Waals surface area contributed by atoms with Crippen LogP contribution in [0.3, 0.4) is 0 Å². The summed E-state index contributed by atoms with van der Waals surface area (Å²) < 4.78 is 5.75. The Kier molecular flexibility index (Phi) is 6.55. The number of amides is 1. The molecule has 7 nitrogen and oxygen atoms in total. The van der Waals surface area contributed by atoms with Crippen LogP contribution < -0.4 is 10.2 Å². The molecule has 0 spiro atoms. The van der Waals surface area contributed by atoms with Crippen molar-refractivity contribution in [1.29, 1.82) is 0 Å². The van der Waals surface area contributed by atoms with E-state index < -0.39 is 10.8 Å². The van der Waals surface area contributed by atoms with Gasteiger partial charge in [-0.1, -0.05) is 41.9 Å². The summed E-state index contributed by atoms with van der Waals surface area (Å²) in [6.07, 6.45) is 1.46. The molecule has 3 aromatic carbocycles. The van der Waals surface area contributed by atoms with Gasteiger partial charge in [0.15, 0.2) is 0 Å². The van der Waals surface area contributed by atoms with Crippen molar-refractivity contribution in [3.63, 3.8) is 0 Å². The van der Waals surface area contributed by atoms with Crippen LogP contribution in [0.2, 0.25) is 5.02 Å². The Bertz CT molecular complexity index is 1050. The van der Waals surface area contributed by atoms with E-state index in [4.69, 9.17) is 16.3 Å². The van der Waals surface area contributed by atoms with Crippen molar-refractivity contribution in [3.8, 4) is 5.75 Å². The Labute approximate surface area is 171 Å². The average molecular weight is 410 g/mol. The van der Waals surface area contributed by atoms with Gasteiger partial charge in [-0.05, 0) is 41.5 Å². The van der Waals surface area contributed by atoms with Crippen LogP contribution in [0.15, 0.2) is 77.9 Å². The number of nitro groups is 1. The number of rotatable bonds is 7. The van der Waals surface area contributed by atoms with E-state index in [2.05, 4.69) is 10.5 Å². The first-order chi connectivity index (χ1) is 14.0. The third-order valence-electron chi connectivity index (χ3n) is 3.88. The van der Waals surface area contributed by atoms with E-state index in [1.54, 1.807) is 30.3 Å². The van der Waals surface area contributed by atoms with Gasteiger partial charge in [0.05, 0.1) is 11.1 Å². The molecule has 8 heteroatoms. The van der Waals surface area contributed by atoms with Gasteiger partial charge in [-0.25, -0.2) is 5.43 Å². The maximum absolute atomic E-state index is 12.1. The minimum Gasteiger partial charge on any atom is -0.489 e. The predicted molar refractivity (Wildman–Crippen MR) is 110 cm³/mol. The molecular formula is C21H16ClN3O4. The van der Waals surface area contributed by atoms with Crippen LogP contribution in [0.4, 0.5) is 5.69 Å². The molecule has 0 aliphatic heterocycles. The van der Waals surface area contributed by atoms with E-state index in [0.717, 1.165) is 11.1 Å². The van der Waals surface area contributed by atoms with Crippen molar-refractivity contribution in [2.75, 3.05) is 0 Å². The second-order valence-corrected chi connectivity index (χ2v) is 6.43. The molecule has 29 heavy (non-hydrogen) atoms. The summed E-state index contributed by atoms with van der Waals surface area (Å²) in [5.41, 5.74) is 4.04. The lowest BCUT2D eigenvalue weighted by Gasteiger charge is -2.07. The number of nitro benzene ring substituents is 1. The van der Waals surface area contributed by atoms with Crippen molar-refractivity contribution in [1.82, 2.24) is 5.43 Å². The monoisotopic (exact) mass is 409 g/mol. The molecular weight excluding hydrogens is 394 g/mol. The minimum absolute atomic E-state index is 0.149. The minimum atomic E-state index is -0.560. The number of benzene rings is 3. The van der Waals surface area contributed by atoms with Crippen molar-refractivity contribution >= 4 is 29.4 Å². The molecule has 0 aromatic heterocycles. The van der Waals surface area contributed by atoms with Crippen molar-refractivity contribution in [3.05, 3.63) is 105 Å². The summed E-state index contributed by atoms with van der Waals surface area (Å²) in [5.74, 6) is 0.106. The average Bonchev–Trinajstić information content (AvgIpc) is 2.73. The van der Waals surface area contributed by atoms with Crippen molar-refractivity contribution in [2.24, 2.45) is 5.10 Å². The molecule has 0 fully saturated rings. The highest BCUT2D eigenvalue weighted by Crippen LogP contribution is 2.16. The molecule has 0 heterocycles. The molecule has 1 N–H and O–H groups in total. The van der Waals surface area contributed by atoms with E-state index in [1.165, 1.54) is 30.5 Å². The van der Waals surface area contributed by atoms with Crippen LogP contribution in [0, 0.1) is 10.1 Å². The number of carbonyl (C=O) groups excluding carboxylic acids is 1. The molecule has 0 unspecified atom stereocenters. The summed E-state index contributed by atoms with van der Waals surface area (Å²) in [4.78, 5) is 22.3. The van der Waals surface area contributed by atoms with Crippen LogP contribution in [0.5, 0.6) is 5.75 Å². The molecule has 3 rings (SSSR count). The Morgan fingerprint density at radius 3 is 2.62 bits per heavy atom. The van der Waals surface area contributed by atoms with E-state index in [9.17, 15) is 14.9 Å². The maximum atomic E-state index is 12.1. The van der Waals surface area contributed by atoms with Crippen molar-refractivity contribution < 1.29 is 14.5 Å². The van der Waals surface area contributed by atoms with Crippen LogP contribution in [0.1, 0.15) is 21.5 Å². The lowest BCUT2D eigenvalue weighted by atomic mass is 10.2. The SMILES string of the molecule is O=C(NN=Cc1cccc(OCc2ccc(Cl)cc2)c1)c1cccc([N+](=O)[O-])c1. The van der Waals surface area contributed by atoms with Crippen LogP contribution in [0.25, 0.3) is 0 Å². The Morgan fingerprint density at radius 2 is 1.86 bits per heavy atom. The van der Waals surface area contributed by atoms with Gasteiger partial charge in [-0.15, -0.1) is 0 Å². The molecule has 0 bridgehead atoms. The standard InChI is InChI=1S/C21H16ClN3O4/c22-18-9-7-15(8-10-18)14-29-20-6-1-3-16(11-20)13-23-24-21(26)17-4-2-5-19(12-17)25(27)28/h1-13H,14H2,(H,24,26).